The molecule has 0 aliphatic rings. The zero-order valence-corrected chi connectivity index (χ0v) is 15.9. The smallest absolute Gasteiger partial charge is 0.407 e. The number of alkyl halides is 1. The molecule has 0 fully saturated rings. The molecule has 2 N–H and O–H groups in total. The molecule has 6 nitrogen and oxygen atoms in total. The Hall–Kier alpha value is -0.530. The maximum atomic E-state index is 11.9. The van der Waals surface area contributed by atoms with E-state index in [1.165, 1.54) is 0 Å². The van der Waals surface area contributed by atoms with Gasteiger partial charge in [0.05, 0.1) is 11.8 Å². The molecule has 0 spiro atoms. The number of hydrogen-bond acceptors (Lipinski definition) is 4. The number of rotatable bonds is 7. The maximum Gasteiger partial charge on any atom is 0.407 e. The van der Waals surface area contributed by atoms with Gasteiger partial charge in [-0.15, -0.1) is 11.6 Å². The van der Waals surface area contributed by atoms with Gasteiger partial charge in [0.2, 0.25) is 10.0 Å². The highest BCUT2D eigenvalue weighted by Crippen LogP contribution is 2.19. The van der Waals surface area contributed by atoms with Gasteiger partial charge in [-0.1, -0.05) is 20.8 Å². The lowest BCUT2D eigenvalue weighted by molar-refractivity contribution is 0.0466. The van der Waals surface area contributed by atoms with E-state index in [0.717, 1.165) is 0 Å². The molecule has 0 saturated carbocycles. The molecule has 1 atom stereocenters. The van der Waals surface area contributed by atoms with Crippen LogP contribution < -0.4 is 10.0 Å². The Bertz CT molecular complexity index is 452. The monoisotopic (exact) mass is 356 g/mol. The van der Waals surface area contributed by atoms with Crippen molar-refractivity contribution in [1.82, 2.24) is 10.0 Å². The average molecular weight is 357 g/mol. The van der Waals surface area contributed by atoms with Gasteiger partial charge in [-0.2, -0.15) is 0 Å². The van der Waals surface area contributed by atoms with E-state index in [1.54, 1.807) is 20.8 Å². The van der Waals surface area contributed by atoms with Crippen LogP contribution in [0.5, 0.6) is 0 Å². The average Bonchev–Trinajstić information content (AvgIpc) is 2.28. The summed E-state index contributed by atoms with van der Waals surface area (Å²) in [5.41, 5.74) is -0.932. The van der Waals surface area contributed by atoms with E-state index in [1.807, 2.05) is 20.8 Å². The lowest BCUT2D eigenvalue weighted by Crippen LogP contribution is -2.51. The first-order chi connectivity index (χ1) is 9.77. The van der Waals surface area contributed by atoms with Crippen molar-refractivity contribution in [3.05, 3.63) is 0 Å². The Morgan fingerprint density at radius 3 is 2.14 bits per heavy atom. The summed E-state index contributed by atoms with van der Waals surface area (Å²) in [7, 11) is -3.40. The van der Waals surface area contributed by atoms with Gasteiger partial charge in [0.1, 0.15) is 5.60 Å². The third-order valence-corrected chi connectivity index (χ3v) is 4.49. The second kappa shape index (κ2) is 8.36. The number of carbonyl (C=O) groups excluding carboxylic acids is 1. The molecule has 0 aliphatic carbocycles. The van der Waals surface area contributed by atoms with E-state index in [4.69, 9.17) is 16.3 Å². The van der Waals surface area contributed by atoms with Crippen LogP contribution in [0.3, 0.4) is 0 Å². The highest BCUT2D eigenvalue weighted by atomic mass is 35.5. The zero-order valence-electron chi connectivity index (χ0n) is 14.3. The van der Waals surface area contributed by atoms with Gasteiger partial charge in [0.15, 0.2) is 0 Å². The standard InChI is InChI=1S/C14H29ClN2O4S/c1-13(2,3)11(17-12(18)21-14(4,5)6)10-16-22(19,20)9-7-8-15/h11,16H,7-10H2,1-6H3,(H,17,18)/t11-/m1/s1. The van der Waals surface area contributed by atoms with E-state index in [0.29, 0.717) is 12.3 Å². The fourth-order valence-corrected chi connectivity index (χ4v) is 2.93. The van der Waals surface area contributed by atoms with Crippen molar-refractivity contribution in [3.8, 4) is 0 Å². The Balaban J connectivity index is 4.72. The van der Waals surface area contributed by atoms with E-state index in [9.17, 15) is 13.2 Å². The van der Waals surface area contributed by atoms with Crippen LogP contribution in [-0.2, 0) is 14.8 Å². The van der Waals surface area contributed by atoms with Crippen molar-refractivity contribution in [2.45, 2.75) is 59.6 Å². The largest absolute Gasteiger partial charge is 0.444 e. The predicted octanol–water partition coefficient (Wildman–Crippen LogP) is 2.47. The lowest BCUT2D eigenvalue weighted by Gasteiger charge is -2.32. The van der Waals surface area contributed by atoms with Gasteiger partial charge in [0, 0.05) is 12.4 Å². The van der Waals surface area contributed by atoms with E-state index >= 15 is 0 Å². The van der Waals surface area contributed by atoms with Crippen molar-refractivity contribution >= 4 is 27.7 Å². The molecule has 22 heavy (non-hydrogen) atoms. The molecule has 0 aromatic rings. The molecule has 8 heteroatoms. The lowest BCUT2D eigenvalue weighted by atomic mass is 9.87. The quantitative estimate of drug-likeness (QED) is 0.686. The summed E-state index contributed by atoms with van der Waals surface area (Å²) in [6.07, 6.45) is -0.177. The Kier molecular flexibility index (Phi) is 8.16. The topological polar surface area (TPSA) is 84.5 Å². The number of hydrogen-bond donors (Lipinski definition) is 2. The van der Waals surface area contributed by atoms with Gasteiger partial charge >= 0.3 is 6.09 Å². The number of amides is 1. The predicted molar refractivity (Wildman–Crippen MR) is 89.7 cm³/mol. The second-order valence-electron chi connectivity index (χ2n) is 7.27. The second-order valence-corrected chi connectivity index (χ2v) is 9.58. The van der Waals surface area contributed by atoms with Crippen molar-refractivity contribution in [3.63, 3.8) is 0 Å². The molecule has 1 amide bonds. The summed E-state index contributed by atoms with van der Waals surface area (Å²) in [5, 5.41) is 2.73. The van der Waals surface area contributed by atoms with Gasteiger partial charge < -0.3 is 10.1 Å². The minimum Gasteiger partial charge on any atom is -0.444 e. The molecule has 0 heterocycles. The highest BCUT2D eigenvalue weighted by molar-refractivity contribution is 7.89. The summed E-state index contributed by atoms with van der Waals surface area (Å²) in [4.78, 5) is 11.9. The van der Waals surface area contributed by atoms with Crippen molar-refractivity contribution in [2.24, 2.45) is 5.41 Å². The molecule has 0 saturated heterocycles. The van der Waals surface area contributed by atoms with Crippen molar-refractivity contribution in [1.29, 1.82) is 0 Å². The Morgan fingerprint density at radius 2 is 1.73 bits per heavy atom. The van der Waals surface area contributed by atoms with Crippen LogP contribution in [0.2, 0.25) is 0 Å². The van der Waals surface area contributed by atoms with Crippen LogP contribution in [0.4, 0.5) is 4.79 Å². The van der Waals surface area contributed by atoms with E-state index in [-0.39, 0.29) is 17.7 Å². The maximum absolute atomic E-state index is 11.9. The summed E-state index contributed by atoms with van der Waals surface area (Å²) in [6.45, 7) is 11.2. The summed E-state index contributed by atoms with van der Waals surface area (Å²) >= 11 is 5.51. The molecule has 0 bridgehead atoms. The Labute approximate surface area is 139 Å². The minimum atomic E-state index is -3.40. The Morgan fingerprint density at radius 1 is 1.18 bits per heavy atom. The minimum absolute atomic E-state index is 0.0280. The first-order valence-corrected chi connectivity index (χ1v) is 9.48. The summed E-state index contributed by atoms with van der Waals surface area (Å²) < 4.78 is 31.4. The molecule has 0 aromatic heterocycles. The van der Waals surface area contributed by atoms with Gasteiger partial charge in [-0.3, -0.25) is 0 Å². The molecular formula is C14H29ClN2O4S. The summed E-state index contributed by atoms with van der Waals surface area (Å²) in [6, 6.07) is -0.395. The molecule has 132 valence electrons. The SMILES string of the molecule is CC(C)(C)OC(=O)N[C@H](CNS(=O)(=O)CCCCl)C(C)(C)C. The van der Waals surface area contributed by atoms with Crippen LogP contribution in [0.25, 0.3) is 0 Å². The van der Waals surface area contributed by atoms with Crippen LogP contribution in [0.15, 0.2) is 0 Å². The number of halogens is 1. The number of alkyl carbamates (subject to hydrolysis) is 1. The fourth-order valence-electron chi connectivity index (χ4n) is 1.55. The van der Waals surface area contributed by atoms with Crippen molar-refractivity contribution in [2.75, 3.05) is 18.2 Å². The van der Waals surface area contributed by atoms with Gasteiger partial charge in [-0.05, 0) is 32.6 Å². The molecule has 0 aliphatic heterocycles. The number of nitrogens with one attached hydrogen (secondary N) is 2. The van der Waals surface area contributed by atoms with Crippen LogP contribution in [0, 0.1) is 5.41 Å². The normalized spacial score (nSPS) is 14.5. The first-order valence-electron chi connectivity index (χ1n) is 7.29. The first kappa shape index (κ1) is 21.5. The molecule has 0 aromatic carbocycles. The fraction of sp³-hybridized carbons (Fsp3) is 0.929. The van der Waals surface area contributed by atoms with E-state index < -0.39 is 27.8 Å². The number of carbonyl (C=O) groups is 1. The third kappa shape index (κ3) is 10.2. The van der Waals surface area contributed by atoms with Gasteiger partial charge in [0.25, 0.3) is 0 Å². The molecule has 0 unspecified atom stereocenters. The molecule has 0 rings (SSSR count). The zero-order chi connectivity index (χ0) is 17.6. The number of sulfonamides is 1. The molecular weight excluding hydrogens is 328 g/mol. The number of ether oxygens (including phenoxy) is 1. The molecule has 0 radical (unpaired) electrons. The van der Waals surface area contributed by atoms with Crippen LogP contribution in [-0.4, -0.2) is 44.3 Å². The highest BCUT2D eigenvalue weighted by Gasteiger charge is 2.29. The van der Waals surface area contributed by atoms with Gasteiger partial charge in [-0.25, -0.2) is 17.9 Å². The van der Waals surface area contributed by atoms with Crippen LogP contribution in [0.1, 0.15) is 48.0 Å². The summed E-state index contributed by atoms with van der Waals surface area (Å²) in [5.74, 6) is 0.263. The van der Waals surface area contributed by atoms with E-state index in [2.05, 4.69) is 10.0 Å². The van der Waals surface area contributed by atoms with Crippen molar-refractivity contribution < 1.29 is 17.9 Å². The van der Waals surface area contributed by atoms with Crippen LogP contribution >= 0.6 is 11.6 Å². The third-order valence-electron chi connectivity index (χ3n) is 2.79.